The molecule has 3 heterocycles. The lowest BCUT2D eigenvalue weighted by atomic mass is 9.87. The van der Waals surface area contributed by atoms with Crippen molar-refractivity contribution in [2.24, 2.45) is 13.0 Å². The number of fused-ring (bicyclic) bond motifs is 1. The Labute approximate surface area is 153 Å². The fourth-order valence-electron chi connectivity index (χ4n) is 4.11. The second kappa shape index (κ2) is 6.96. The maximum atomic E-state index is 12.6. The highest BCUT2D eigenvalue weighted by molar-refractivity contribution is 5.97. The minimum atomic E-state index is -0.0153. The van der Waals surface area contributed by atoms with Crippen molar-refractivity contribution in [3.8, 4) is 0 Å². The summed E-state index contributed by atoms with van der Waals surface area (Å²) in [6.45, 7) is 1.74. The number of imidazole rings is 1. The Kier molecular flexibility index (Phi) is 4.51. The lowest BCUT2D eigenvalue weighted by Gasteiger charge is -2.39. The smallest absolute Gasteiger partial charge is 0.251 e. The minimum absolute atomic E-state index is 0.0153. The van der Waals surface area contributed by atoms with Gasteiger partial charge in [0.1, 0.15) is 0 Å². The van der Waals surface area contributed by atoms with Crippen molar-refractivity contribution in [2.75, 3.05) is 20.1 Å². The molecule has 6 heteroatoms. The first kappa shape index (κ1) is 16.8. The number of aromatic amines is 1. The molecule has 0 radical (unpaired) electrons. The number of carbonyl (C=O) groups is 1. The van der Waals surface area contributed by atoms with E-state index in [2.05, 4.69) is 31.8 Å². The van der Waals surface area contributed by atoms with E-state index in [1.807, 2.05) is 50.0 Å². The Morgan fingerprint density at radius 3 is 3.04 bits per heavy atom. The van der Waals surface area contributed by atoms with Crippen molar-refractivity contribution >= 4 is 16.8 Å². The molecule has 2 N–H and O–H groups in total. The Morgan fingerprint density at radius 1 is 1.35 bits per heavy atom. The van der Waals surface area contributed by atoms with E-state index in [-0.39, 0.29) is 11.9 Å². The van der Waals surface area contributed by atoms with Crippen LogP contribution in [0.25, 0.3) is 10.9 Å². The van der Waals surface area contributed by atoms with Crippen LogP contribution in [-0.2, 0) is 7.05 Å². The van der Waals surface area contributed by atoms with Crippen LogP contribution in [0.4, 0.5) is 0 Å². The largest absolute Gasteiger partial charge is 0.361 e. The summed E-state index contributed by atoms with van der Waals surface area (Å²) in [4.78, 5) is 22.5. The van der Waals surface area contributed by atoms with Crippen molar-refractivity contribution in [1.82, 2.24) is 24.8 Å². The van der Waals surface area contributed by atoms with Crippen LogP contribution in [0.15, 0.2) is 43.0 Å². The summed E-state index contributed by atoms with van der Waals surface area (Å²) in [5.74, 6) is 0.362. The highest BCUT2D eigenvalue weighted by Crippen LogP contribution is 2.34. The molecule has 4 rings (SSSR count). The summed E-state index contributed by atoms with van der Waals surface area (Å²) in [7, 11) is 4.19. The first-order valence-electron chi connectivity index (χ1n) is 9.15. The van der Waals surface area contributed by atoms with E-state index in [1.165, 1.54) is 5.69 Å². The summed E-state index contributed by atoms with van der Waals surface area (Å²) in [5, 5.41) is 4.27. The number of H-pyrrole nitrogens is 1. The number of nitrogens with one attached hydrogen (secondary N) is 2. The van der Waals surface area contributed by atoms with Gasteiger partial charge in [0.25, 0.3) is 5.91 Å². The monoisotopic (exact) mass is 351 g/mol. The average Bonchev–Trinajstić information content (AvgIpc) is 3.27. The zero-order valence-electron chi connectivity index (χ0n) is 15.3. The number of amides is 1. The Balaban J connectivity index is 1.48. The number of hydrogen-bond acceptors (Lipinski definition) is 3. The van der Waals surface area contributed by atoms with Gasteiger partial charge in [-0.3, -0.25) is 9.69 Å². The van der Waals surface area contributed by atoms with E-state index in [1.54, 1.807) is 0 Å². The normalized spacial score (nSPS) is 21.2. The molecule has 1 saturated heterocycles. The Morgan fingerprint density at radius 2 is 2.23 bits per heavy atom. The van der Waals surface area contributed by atoms with Gasteiger partial charge in [-0.15, -0.1) is 0 Å². The maximum Gasteiger partial charge on any atom is 0.251 e. The number of piperidine rings is 1. The number of aryl methyl sites for hydroxylation is 1. The van der Waals surface area contributed by atoms with Crippen LogP contribution in [0.1, 0.15) is 34.9 Å². The highest BCUT2D eigenvalue weighted by Gasteiger charge is 2.32. The molecule has 1 amide bonds. The predicted octanol–water partition coefficient (Wildman–Crippen LogP) is 2.71. The number of rotatable bonds is 4. The molecule has 1 aliphatic heterocycles. The number of benzene rings is 1. The SMILES string of the molecule is CN1CCC[C@@H](CNC(=O)c2ccc3cc[nH]c3c2)[C@@H]1c1cncn1C. The molecule has 0 bridgehead atoms. The molecule has 0 spiro atoms. The van der Waals surface area contributed by atoms with E-state index >= 15 is 0 Å². The molecular formula is C20H25N5O. The van der Waals surface area contributed by atoms with Crippen LogP contribution >= 0.6 is 0 Å². The van der Waals surface area contributed by atoms with Crippen molar-refractivity contribution in [1.29, 1.82) is 0 Å². The fourth-order valence-corrected chi connectivity index (χ4v) is 4.11. The van der Waals surface area contributed by atoms with Crippen LogP contribution in [0, 0.1) is 5.92 Å². The fraction of sp³-hybridized carbons (Fsp3) is 0.400. The molecule has 0 aliphatic carbocycles. The number of aromatic nitrogens is 3. The number of hydrogen-bond donors (Lipinski definition) is 2. The van der Waals surface area contributed by atoms with Gasteiger partial charge in [0.15, 0.2) is 0 Å². The van der Waals surface area contributed by atoms with Crippen molar-refractivity contribution in [3.05, 3.63) is 54.2 Å². The molecule has 1 aromatic carbocycles. The molecule has 0 unspecified atom stereocenters. The van der Waals surface area contributed by atoms with Crippen molar-refractivity contribution in [2.45, 2.75) is 18.9 Å². The standard InChI is InChI=1S/C20H25N5O/c1-24-9-3-4-16(19(24)18-12-21-13-25(18)2)11-23-20(26)15-6-5-14-7-8-22-17(14)10-15/h5-8,10,12-13,16,19,22H,3-4,9,11H2,1-2H3,(H,23,26)/t16-,19+/m0/s1. The van der Waals surface area contributed by atoms with E-state index in [0.717, 1.165) is 30.3 Å². The third kappa shape index (κ3) is 3.12. The van der Waals surface area contributed by atoms with E-state index in [4.69, 9.17) is 0 Å². The second-order valence-electron chi connectivity index (χ2n) is 7.25. The molecule has 2 atom stereocenters. The number of nitrogens with zero attached hydrogens (tertiary/aromatic N) is 3. The molecule has 3 aromatic rings. The summed E-state index contributed by atoms with van der Waals surface area (Å²) in [6, 6.07) is 8.07. The third-order valence-electron chi connectivity index (χ3n) is 5.51. The lowest BCUT2D eigenvalue weighted by Crippen LogP contribution is -2.42. The van der Waals surface area contributed by atoms with Crippen molar-refractivity contribution in [3.63, 3.8) is 0 Å². The van der Waals surface area contributed by atoms with Crippen LogP contribution in [0.5, 0.6) is 0 Å². The van der Waals surface area contributed by atoms with Gasteiger partial charge in [0, 0.05) is 37.1 Å². The van der Waals surface area contributed by atoms with Gasteiger partial charge in [-0.2, -0.15) is 0 Å². The maximum absolute atomic E-state index is 12.6. The van der Waals surface area contributed by atoms with Gasteiger partial charge in [-0.05, 0) is 55.9 Å². The van der Waals surface area contributed by atoms with E-state index in [9.17, 15) is 4.79 Å². The van der Waals surface area contributed by atoms with Gasteiger partial charge < -0.3 is 14.9 Å². The van der Waals surface area contributed by atoms with Gasteiger partial charge in [-0.25, -0.2) is 4.98 Å². The third-order valence-corrected chi connectivity index (χ3v) is 5.51. The summed E-state index contributed by atoms with van der Waals surface area (Å²) >= 11 is 0. The van der Waals surface area contributed by atoms with Crippen LogP contribution in [-0.4, -0.2) is 45.5 Å². The quantitative estimate of drug-likeness (QED) is 0.759. The average molecular weight is 351 g/mol. The molecule has 6 nitrogen and oxygen atoms in total. The Bertz CT molecular complexity index is 912. The van der Waals surface area contributed by atoms with Gasteiger partial charge in [0.05, 0.1) is 18.1 Å². The van der Waals surface area contributed by atoms with Gasteiger partial charge in [-0.1, -0.05) is 6.07 Å². The summed E-state index contributed by atoms with van der Waals surface area (Å²) in [6.07, 6.45) is 7.94. The van der Waals surface area contributed by atoms with Gasteiger partial charge in [0.2, 0.25) is 0 Å². The molecule has 1 fully saturated rings. The first-order chi connectivity index (χ1) is 12.6. The van der Waals surface area contributed by atoms with E-state index in [0.29, 0.717) is 18.0 Å². The summed E-state index contributed by atoms with van der Waals surface area (Å²) in [5.41, 5.74) is 2.89. The molecule has 0 saturated carbocycles. The lowest BCUT2D eigenvalue weighted by molar-refractivity contribution is 0.0882. The molecule has 136 valence electrons. The second-order valence-corrected chi connectivity index (χ2v) is 7.25. The summed E-state index contributed by atoms with van der Waals surface area (Å²) < 4.78 is 2.08. The van der Waals surface area contributed by atoms with Crippen LogP contribution < -0.4 is 5.32 Å². The van der Waals surface area contributed by atoms with Crippen LogP contribution in [0.2, 0.25) is 0 Å². The van der Waals surface area contributed by atoms with Crippen LogP contribution in [0.3, 0.4) is 0 Å². The highest BCUT2D eigenvalue weighted by atomic mass is 16.1. The first-order valence-corrected chi connectivity index (χ1v) is 9.15. The zero-order chi connectivity index (χ0) is 18.1. The molecule has 1 aliphatic rings. The van der Waals surface area contributed by atoms with Gasteiger partial charge >= 0.3 is 0 Å². The van der Waals surface area contributed by atoms with Crippen molar-refractivity contribution < 1.29 is 4.79 Å². The molecule has 26 heavy (non-hydrogen) atoms. The predicted molar refractivity (Wildman–Crippen MR) is 102 cm³/mol. The topological polar surface area (TPSA) is 66.0 Å². The minimum Gasteiger partial charge on any atom is -0.361 e. The van der Waals surface area contributed by atoms with E-state index < -0.39 is 0 Å². The zero-order valence-corrected chi connectivity index (χ0v) is 15.3. The Hall–Kier alpha value is -2.60. The molecular weight excluding hydrogens is 326 g/mol. The number of likely N-dealkylation sites (tertiary alicyclic amines) is 1. The number of carbonyl (C=O) groups excluding carboxylic acids is 1. The molecule has 2 aromatic heterocycles.